The van der Waals surface area contributed by atoms with Crippen LogP contribution in [0, 0.1) is 52.3 Å². The van der Waals surface area contributed by atoms with E-state index < -0.39 is 18.3 Å². The zero-order valence-corrected chi connectivity index (χ0v) is 20.7. The van der Waals surface area contributed by atoms with Crippen LogP contribution in [0.1, 0.15) is 85.5 Å². The number of aliphatic hydroxyl groups is 5. The average molecular weight is 453 g/mol. The van der Waals surface area contributed by atoms with Crippen LogP contribution in [0.4, 0.5) is 0 Å². The van der Waals surface area contributed by atoms with Gasteiger partial charge in [-0.25, -0.2) is 0 Å². The van der Waals surface area contributed by atoms with E-state index in [9.17, 15) is 25.5 Å². The van der Waals surface area contributed by atoms with Gasteiger partial charge in [-0.05, 0) is 97.2 Å². The third-order valence-electron chi connectivity index (χ3n) is 11.1. The van der Waals surface area contributed by atoms with E-state index in [4.69, 9.17) is 0 Å². The molecular weight excluding hydrogens is 404 g/mol. The Kier molecular flexibility index (Phi) is 7.09. The smallest absolute Gasteiger partial charge is 0.0838 e. The van der Waals surface area contributed by atoms with Crippen molar-refractivity contribution >= 4 is 0 Å². The van der Waals surface area contributed by atoms with Gasteiger partial charge in [-0.2, -0.15) is 0 Å². The van der Waals surface area contributed by atoms with Crippen LogP contribution in [-0.4, -0.2) is 56.6 Å². The minimum atomic E-state index is -0.724. The van der Waals surface area contributed by atoms with Gasteiger partial charge in [0.1, 0.15) is 0 Å². The predicted octanol–water partition coefficient (Wildman–Crippen LogP) is 3.35. The first-order valence-electron chi connectivity index (χ1n) is 13.4. The fourth-order valence-corrected chi connectivity index (χ4v) is 9.45. The van der Waals surface area contributed by atoms with Gasteiger partial charge in [0.05, 0.1) is 24.4 Å². The van der Waals surface area contributed by atoms with Crippen LogP contribution in [0.15, 0.2) is 0 Å². The van der Waals surface area contributed by atoms with Crippen LogP contribution < -0.4 is 0 Å². The summed E-state index contributed by atoms with van der Waals surface area (Å²) in [5.41, 5.74) is -0.100. The molecule has 5 heteroatoms. The molecule has 0 saturated heterocycles. The minimum Gasteiger partial charge on any atom is -0.396 e. The molecule has 0 aromatic rings. The van der Waals surface area contributed by atoms with Gasteiger partial charge < -0.3 is 25.5 Å². The fraction of sp³-hybridized carbons (Fsp3) is 1.00. The highest BCUT2D eigenvalue weighted by molar-refractivity contribution is 5.15. The number of fused-ring (bicyclic) bond motifs is 5. The summed E-state index contributed by atoms with van der Waals surface area (Å²) < 4.78 is 0. The Morgan fingerprint density at radius 1 is 0.844 bits per heavy atom. The number of aliphatic hydroxyl groups excluding tert-OH is 5. The number of hydrogen-bond acceptors (Lipinski definition) is 5. The third kappa shape index (κ3) is 3.88. The second-order valence-electron chi connectivity index (χ2n) is 12.9. The summed E-state index contributed by atoms with van der Waals surface area (Å²) in [6.45, 7) is 9.16. The van der Waals surface area contributed by atoms with E-state index in [1.807, 2.05) is 0 Å². The SMILES string of the molecule is C[C@H](CO)CCC[C@@H](C)[C@H]1[C@@H](O)[C@@H](O)[C@H]2[C@@H]3C[C@@H](O)[C@H]4C[C@@H](O)CC[C@]4(C)[C@H]3CC[C@]12C. The van der Waals surface area contributed by atoms with Gasteiger partial charge in [0.25, 0.3) is 0 Å². The van der Waals surface area contributed by atoms with Crippen molar-refractivity contribution in [2.75, 3.05) is 6.61 Å². The molecule has 4 saturated carbocycles. The molecule has 5 nitrogen and oxygen atoms in total. The van der Waals surface area contributed by atoms with E-state index >= 15 is 0 Å². The molecule has 0 heterocycles. The molecule has 32 heavy (non-hydrogen) atoms. The van der Waals surface area contributed by atoms with Crippen molar-refractivity contribution in [3.8, 4) is 0 Å². The number of rotatable bonds is 6. The Labute approximate surface area is 194 Å². The van der Waals surface area contributed by atoms with Crippen molar-refractivity contribution < 1.29 is 25.5 Å². The molecule has 186 valence electrons. The molecule has 0 bridgehead atoms. The Morgan fingerprint density at radius 3 is 2.22 bits per heavy atom. The molecule has 0 aromatic carbocycles. The van der Waals surface area contributed by atoms with Crippen LogP contribution in [-0.2, 0) is 0 Å². The summed E-state index contributed by atoms with van der Waals surface area (Å²) in [6.07, 6.45) is 6.14. The van der Waals surface area contributed by atoms with Crippen LogP contribution >= 0.6 is 0 Å². The van der Waals surface area contributed by atoms with Crippen molar-refractivity contribution in [3.63, 3.8) is 0 Å². The van der Waals surface area contributed by atoms with Crippen LogP contribution in [0.5, 0.6) is 0 Å². The lowest BCUT2D eigenvalue weighted by Gasteiger charge is -2.62. The summed E-state index contributed by atoms with van der Waals surface area (Å²) in [6, 6.07) is 0. The number of hydrogen-bond donors (Lipinski definition) is 5. The van der Waals surface area contributed by atoms with Gasteiger partial charge in [-0.15, -0.1) is 0 Å². The monoisotopic (exact) mass is 452 g/mol. The lowest BCUT2D eigenvalue weighted by atomic mass is 9.43. The van der Waals surface area contributed by atoms with Gasteiger partial charge in [-0.3, -0.25) is 0 Å². The highest BCUT2D eigenvalue weighted by Crippen LogP contribution is 2.68. The van der Waals surface area contributed by atoms with Gasteiger partial charge >= 0.3 is 0 Å². The van der Waals surface area contributed by atoms with Crippen LogP contribution in [0.2, 0.25) is 0 Å². The normalized spacial score (nSPS) is 52.6. The summed E-state index contributed by atoms with van der Waals surface area (Å²) in [5.74, 6) is 1.55. The first kappa shape index (κ1) is 24.9. The second kappa shape index (κ2) is 9.11. The van der Waals surface area contributed by atoms with Crippen molar-refractivity contribution in [2.45, 2.75) is 110 Å². The highest BCUT2D eigenvalue weighted by atomic mass is 16.3. The van der Waals surface area contributed by atoms with E-state index in [0.717, 1.165) is 44.9 Å². The summed E-state index contributed by atoms with van der Waals surface area (Å²) >= 11 is 0. The molecule has 5 N–H and O–H groups in total. The molecule has 4 fully saturated rings. The van der Waals surface area contributed by atoms with Crippen molar-refractivity contribution in [1.29, 1.82) is 0 Å². The van der Waals surface area contributed by atoms with E-state index in [2.05, 4.69) is 27.7 Å². The van der Waals surface area contributed by atoms with Gasteiger partial charge in [0.15, 0.2) is 0 Å². The predicted molar refractivity (Wildman–Crippen MR) is 125 cm³/mol. The Morgan fingerprint density at radius 2 is 1.53 bits per heavy atom. The zero-order valence-electron chi connectivity index (χ0n) is 20.7. The highest BCUT2D eigenvalue weighted by Gasteiger charge is 2.67. The van der Waals surface area contributed by atoms with Gasteiger partial charge in [-0.1, -0.05) is 40.5 Å². The quantitative estimate of drug-likeness (QED) is 0.425. The van der Waals surface area contributed by atoms with Crippen molar-refractivity contribution in [3.05, 3.63) is 0 Å². The minimum absolute atomic E-state index is 0.0116. The van der Waals surface area contributed by atoms with E-state index in [1.54, 1.807) is 0 Å². The molecule has 4 rings (SSSR count). The summed E-state index contributed by atoms with van der Waals surface area (Å²) in [5, 5.41) is 53.4. The Hall–Kier alpha value is -0.200. The summed E-state index contributed by atoms with van der Waals surface area (Å²) in [4.78, 5) is 0. The van der Waals surface area contributed by atoms with Gasteiger partial charge in [0.2, 0.25) is 0 Å². The molecule has 0 radical (unpaired) electrons. The van der Waals surface area contributed by atoms with Gasteiger partial charge in [0, 0.05) is 6.61 Å². The molecule has 13 atom stereocenters. The zero-order chi connectivity index (χ0) is 23.4. The summed E-state index contributed by atoms with van der Waals surface area (Å²) in [7, 11) is 0. The van der Waals surface area contributed by atoms with Crippen LogP contribution in [0.3, 0.4) is 0 Å². The van der Waals surface area contributed by atoms with Crippen LogP contribution in [0.25, 0.3) is 0 Å². The molecule has 4 aliphatic carbocycles. The molecule has 4 aliphatic rings. The van der Waals surface area contributed by atoms with E-state index in [1.165, 1.54) is 0 Å². The topological polar surface area (TPSA) is 101 Å². The fourth-order valence-electron chi connectivity index (χ4n) is 9.45. The maximum atomic E-state index is 11.4. The van der Waals surface area contributed by atoms with E-state index in [-0.39, 0.29) is 47.2 Å². The second-order valence-corrected chi connectivity index (χ2v) is 12.9. The third-order valence-corrected chi connectivity index (χ3v) is 11.1. The first-order chi connectivity index (χ1) is 15.0. The standard InChI is InChI=1S/C27H48O5/c1-15(14-28)6-5-7-16(2)22-24(31)25(32)23-18-13-21(30)20-12-17(29)8-10-26(20,3)19(18)9-11-27(22,23)4/h15-25,28-32H,5-14H2,1-4H3/t15-,16+,17-,18+,19-,20+,21+,22-,23+,24+,25-,26+,27+/m0/s1. The molecule has 0 amide bonds. The Balaban J connectivity index is 1.55. The van der Waals surface area contributed by atoms with Crippen molar-refractivity contribution in [1.82, 2.24) is 0 Å². The molecule has 0 unspecified atom stereocenters. The van der Waals surface area contributed by atoms with Crippen molar-refractivity contribution in [2.24, 2.45) is 52.3 Å². The molecule has 0 aromatic heterocycles. The average Bonchev–Trinajstić information content (AvgIpc) is 2.94. The largest absolute Gasteiger partial charge is 0.396 e. The lowest BCUT2D eigenvalue weighted by molar-refractivity contribution is -0.181. The first-order valence-corrected chi connectivity index (χ1v) is 13.4. The molecule has 0 aliphatic heterocycles. The van der Waals surface area contributed by atoms with E-state index in [0.29, 0.717) is 30.6 Å². The maximum absolute atomic E-state index is 11.4. The lowest BCUT2D eigenvalue weighted by Crippen LogP contribution is -2.59. The molecular formula is C27H48O5. The maximum Gasteiger partial charge on any atom is 0.0838 e. The molecule has 0 spiro atoms. The Bertz CT molecular complexity index is 656.